The minimum absolute atomic E-state index is 0.0774. The highest BCUT2D eigenvalue weighted by atomic mass is 16.2. The predicted molar refractivity (Wildman–Crippen MR) is 162 cm³/mol. The Hall–Kier alpha value is -5.02. The van der Waals surface area contributed by atoms with E-state index in [1.165, 1.54) is 11.1 Å². The molecule has 5 aromatic rings. The Morgan fingerprint density at radius 1 is 0.952 bits per heavy atom. The van der Waals surface area contributed by atoms with Gasteiger partial charge >= 0.3 is 6.03 Å². The Morgan fingerprint density at radius 2 is 1.74 bits per heavy atom. The molecule has 3 N–H and O–H groups in total. The van der Waals surface area contributed by atoms with E-state index in [1.807, 2.05) is 42.2 Å². The van der Waals surface area contributed by atoms with Crippen LogP contribution in [0.3, 0.4) is 0 Å². The summed E-state index contributed by atoms with van der Waals surface area (Å²) in [4.78, 5) is 41.5. The molecule has 0 aliphatic carbocycles. The van der Waals surface area contributed by atoms with Gasteiger partial charge < -0.3 is 20.5 Å². The number of urea groups is 1. The van der Waals surface area contributed by atoms with Gasteiger partial charge in [-0.2, -0.15) is 0 Å². The molecule has 0 saturated carbocycles. The molecule has 0 bridgehead atoms. The zero-order chi connectivity index (χ0) is 28.6. The van der Waals surface area contributed by atoms with Crippen LogP contribution in [0.1, 0.15) is 22.3 Å². The van der Waals surface area contributed by atoms with E-state index in [9.17, 15) is 9.59 Å². The van der Waals surface area contributed by atoms with Gasteiger partial charge in [0, 0.05) is 55.1 Å². The zero-order valence-corrected chi connectivity index (χ0v) is 23.4. The van der Waals surface area contributed by atoms with Crippen LogP contribution in [-0.2, 0) is 24.4 Å². The van der Waals surface area contributed by atoms with E-state index in [2.05, 4.69) is 72.9 Å². The molecule has 2 aliphatic rings. The maximum atomic E-state index is 13.2. The molecule has 0 unspecified atom stereocenters. The first-order valence-corrected chi connectivity index (χ1v) is 14.2. The molecule has 210 valence electrons. The Bertz CT molecular complexity index is 1790. The second kappa shape index (κ2) is 10.8. The lowest BCUT2D eigenvalue weighted by molar-refractivity contribution is -0.124. The number of anilines is 1. The topological polar surface area (TPSA) is 106 Å². The number of aromatic amines is 1. The van der Waals surface area contributed by atoms with E-state index in [0.717, 1.165) is 63.5 Å². The minimum atomic E-state index is -0.116. The van der Waals surface area contributed by atoms with Crippen molar-refractivity contribution < 1.29 is 9.59 Å². The molecule has 4 heterocycles. The van der Waals surface area contributed by atoms with Crippen molar-refractivity contribution in [1.82, 2.24) is 30.1 Å². The average Bonchev–Trinajstić information content (AvgIpc) is 3.64. The number of nitrogens with zero attached hydrogens (tertiary/aromatic N) is 4. The van der Waals surface area contributed by atoms with Crippen molar-refractivity contribution in [3.05, 3.63) is 101 Å². The highest BCUT2D eigenvalue weighted by Crippen LogP contribution is 2.34. The monoisotopic (exact) mass is 557 g/mol. The molecule has 3 amide bonds. The molecule has 1 fully saturated rings. The molecule has 1 saturated heterocycles. The van der Waals surface area contributed by atoms with Gasteiger partial charge in [-0.1, -0.05) is 60.7 Å². The van der Waals surface area contributed by atoms with Crippen molar-refractivity contribution in [3.8, 4) is 22.5 Å². The van der Waals surface area contributed by atoms with Gasteiger partial charge in [-0.25, -0.2) is 14.8 Å². The molecule has 0 radical (unpaired) electrons. The van der Waals surface area contributed by atoms with Crippen molar-refractivity contribution >= 4 is 28.7 Å². The van der Waals surface area contributed by atoms with Gasteiger partial charge in [0.2, 0.25) is 5.91 Å². The quantitative estimate of drug-likeness (QED) is 0.280. The lowest BCUT2D eigenvalue weighted by Crippen LogP contribution is -2.47. The van der Waals surface area contributed by atoms with Crippen molar-refractivity contribution in [2.24, 2.45) is 0 Å². The summed E-state index contributed by atoms with van der Waals surface area (Å²) in [6.45, 7) is 5.95. The summed E-state index contributed by atoms with van der Waals surface area (Å²) >= 11 is 0. The molecule has 3 aromatic carbocycles. The fraction of sp³-hybridized carbons (Fsp3) is 0.212. The lowest BCUT2D eigenvalue weighted by atomic mass is 10.0. The Morgan fingerprint density at radius 3 is 2.50 bits per heavy atom. The summed E-state index contributed by atoms with van der Waals surface area (Å²) in [6, 6.07) is 24.4. The predicted octanol–water partition coefficient (Wildman–Crippen LogP) is 5.08. The van der Waals surface area contributed by atoms with Gasteiger partial charge in [0.05, 0.1) is 12.2 Å². The number of nitrogens with one attached hydrogen (secondary N) is 3. The third kappa shape index (κ3) is 4.99. The van der Waals surface area contributed by atoms with Gasteiger partial charge in [0.1, 0.15) is 12.0 Å². The van der Waals surface area contributed by atoms with Crippen LogP contribution in [0.2, 0.25) is 0 Å². The SMILES string of the molecule is Cc1c(NC(=O)N2Cc3ccccc3C2)cccc1-c1ncnc2[nH]c(-c3ccc(CN4CCNC(=O)C4)cc3)cc12. The summed E-state index contributed by atoms with van der Waals surface area (Å²) in [5, 5.41) is 6.91. The molecular formula is C33H31N7O2. The number of fused-ring (bicyclic) bond motifs is 2. The summed E-state index contributed by atoms with van der Waals surface area (Å²) in [5.74, 6) is 0.0774. The Kier molecular flexibility index (Phi) is 6.64. The Balaban J connectivity index is 1.12. The van der Waals surface area contributed by atoms with Crippen molar-refractivity contribution in [1.29, 1.82) is 0 Å². The third-order valence-corrected chi connectivity index (χ3v) is 8.17. The van der Waals surface area contributed by atoms with Gasteiger partial charge in [-0.3, -0.25) is 9.69 Å². The molecule has 2 aromatic heterocycles. The number of aromatic nitrogens is 3. The van der Waals surface area contributed by atoms with E-state index in [1.54, 1.807) is 6.33 Å². The summed E-state index contributed by atoms with van der Waals surface area (Å²) in [7, 11) is 0. The van der Waals surface area contributed by atoms with Crippen LogP contribution in [0, 0.1) is 6.92 Å². The number of carbonyl (C=O) groups is 2. The first-order chi connectivity index (χ1) is 20.5. The van der Waals surface area contributed by atoms with Crippen LogP contribution in [0.4, 0.5) is 10.5 Å². The van der Waals surface area contributed by atoms with E-state index in [-0.39, 0.29) is 11.9 Å². The van der Waals surface area contributed by atoms with Gasteiger partial charge in [0.25, 0.3) is 0 Å². The van der Waals surface area contributed by atoms with Crippen LogP contribution in [0.5, 0.6) is 0 Å². The van der Waals surface area contributed by atoms with Crippen LogP contribution in [0.25, 0.3) is 33.5 Å². The second-order valence-corrected chi connectivity index (χ2v) is 11.0. The highest BCUT2D eigenvalue weighted by Gasteiger charge is 2.24. The van der Waals surface area contributed by atoms with Crippen LogP contribution < -0.4 is 10.6 Å². The number of benzene rings is 3. The van der Waals surface area contributed by atoms with Crippen LogP contribution in [-0.4, -0.2) is 56.3 Å². The molecule has 2 aliphatic heterocycles. The minimum Gasteiger partial charge on any atom is -0.354 e. The molecule has 0 spiro atoms. The number of rotatable bonds is 5. The fourth-order valence-electron chi connectivity index (χ4n) is 5.88. The Labute approximate surface area is 243 Å². The number of carbonyl (C=O) groups excluding carboxylic acids is 2. The zero-order valence-electron chi connectivity index (χ0n) is 23.4. The number of piperazine rings is 1. The molecule has 9 nitrogen and oxygen atoms in total. The molecular weight excluding hydrogens is 526 g/mol. The molecule has 7 rings (SSSR count). The highest BCUT2D eigenvalue weighted by molar-refractivity contribution is 5.97. The number of hydrogen-bond acceptors (Lipinski definition) is 5. The van der Waals surface area contributed by atoms with E-state index >= 15 is 0 Å². The first-order valence-electron chi connectivity index (χ1n) is 14.2. The summed E-state index contributed by atoms with van der Waals surface area (Å²) < 4.78 is 0. The maximum Gasteiger partial charge on any atom is 0.322 e. The van der Waals surface area contributed by atoms with Gasteiger partial charge in [-0.15, -0.1) is 0 Å². The smallest absolute Gasteiger partial charge is 0.322 e. The number of amides is 3. The maximum absolute atomic E-state index is 13.2. The second-order valence-electron chi connectivity index (χ2n) is 11.0. The van der Waals surface area contributed by atoms with Crippen LogP contribution in [0.15, 0.2) is 79.1 Å². The summed E-state index contributed by atoms with van der Waals surface area (Å²) in [6.07, 6.45) is 1.57. The largest absolute Gasteiger partial charge is 0.354 e. The van der Waals surface area contributed by atoms with E-state index in [0.29, 0.717) is 26.2 Å². The standard InChI is InChI=1S/C33H31N7O2/c1-21-26(7-4-8-28(21)38-33(42)40-17-24-5-2-3-6-25(24)18-40)31-27-15-29(37-32(27)36-20-35-31)23-11-9-22(10-12-23)16-39-14-13-34-30(41)19-39/h2-12,15,20H,13-14,16-19H2,1H3,(H,34,41)(H,38,42)(H,35,36,37). The van der Waals surface area contributed by atoms with Crippen molar-refractivity contribution in [2.45, 2.75) is 26.6 Å². The van der Waals surface area contributed by atoms with Crippen LogP contribution >= 0.6 is 0 Å². The van der Waals surface area contributed by atoms with Crippen molar-refractivity contribution in [3.63, 3.8) is 0 Å². The number of H-pyrrole nitrogens is 1. The van der Waals surface area contributed by atoms with E-state index < -0.39 is 0 Å². The molecule has 9 heteroatoms. The van der Waals surface area contributed by atoms with Crippen molar-refractivity contribution in [2.75, 3.05) is 25.0 Å². The molecule has 42 heavy (non-hydrogen) atoms. The van der Waals surface area contributed by atoms with Gasteiger partial charge in [-0.05, 0) is 46.9 Å². The fourth-order valence-corrected chi connectivity index (χ4v) is 5.88. The summed E-state index contributed by atoms with van der Waals surface area (Å²) in [5.41, 5.74) is 9.75. The average molecular weight is 558 g/mol. The normalized spacial score (nSPS) is 15.1. The van der Waals surface area contributed by atoms with Gasteiger partial charge in [0.15, 0.2) is 0 Å². The molecule has 0 atom stereocenters. The first kappa shape index (κ1) is 25.9. The third-order valence-electron chi connectivity index (χ3n) is 8.17. The lowest BCUT2D eigenvalue weighted by Gasteiger charge is -2.26. The van der Waals surface area contributed by atoms with E-state index in [4.69, 9.17) is 0 Å². The number of hydrogen-bond donors (Lipinski definition) is 3.